The molecule has 118 valence electrons. The van der Waals surface area contributed by atoms with E-state index in [0.717, 1.165) is 25.4 Å². The Morgan fingerprint density at radius 1 is 1.33 bits per heavy atom. The molecular weight excluding hydrogens is 260 g/mol. The van der Waals surface area contributed by atoms with Gasteiger partial charge in [0.25, 0.3) is 0 Å². The third-order valence-electron chi connectivity index (χ3n) is 4.19. The molecule has 3 heteroatoms. The summed E-state index contributed by atoms with van der Waals surface area (Å²) in [7, 11) is 0. The van der Waals surface area contributed by atoms with E-state index < -0.39 is 0 Å². The Morgan fingerprint density at radius 2 is 2.19 bits per heavy atom. The number of rotatable bonds is 7. The number of hydrogen-bond donors (Lipinski definition) is 1. The fourth-order valence-corrected chi connectivity index (χ4v) is 2.96. The van der Waals surface area contributed by atoms with Crippen LogP contribution in [0.1, 0.15) is 45.6 Å². The summed E-state index contributed by atoms with van der Waals surface area (Å²) in [6, 6.07) is 9.72. The predicted molar refractivity (Wildman–Crippen MR) is 88.8 cm³/mol. The average Bonchev–Trinajstić information content (AvgIpc) is 2.48. The van der Waals surface area contributed by atoms with Gasteiger partial charge in [0.2, 0.25) is 0 Å². The topological polar surface area (TPSA) is 24.5 Å². The monoisotopic (exact) mass is 290 g/mol. The van der Waals surface area contributed by atoms with Gasteiger partial charge in [-0.15, -0.1) is 0 Å². The first-order valence-corrected chi connectivity index (χ1v) is 8.38. The van der Waals surface area contributed by atoms with Crippen molar-refractivity contribution < 1.29 is 4.74 Å². The molecule has 1 heterocycles. The molecule has 0 amide bonds. The Labute approximate surface area is 129 Å². The van der Waals surface area contributed by atoms with Gasteiger partial charge in [-0.25, -0.2) is 0 Å². The van der Waals surface area contributed by atoms with Crippen molar-refractivity contribution in [2.75, 3.05) is 19.7 Å². The van der Waals surface area contributed by atoms with Crippen LogP contribution in [0.3, 0.4) is 0 Å². The van der Waals surface area contributed by atoms with Crippen molar-refractivity contribution in [1.29, 1.82) is 0 Å². The second kappa shape index (κ2) is 8.40. The lowest BCUT2D eigenvalue weighted by atomic mass is 10.0. The number of hydrogen-bond acceptors (Lipinski definition) is 3. The second-order valence-corrected chi connectivity index (χ2v) is 6.25. The van der Waals surface area contributed by atoms with Crippen LogP contribution in [0, 0.1) is 0 Å². The molecular formula is C18H30N2O. The third kappa shape index (κ3) is 5.33. The molecule has 0 bridgehead atoms. The van der Waals surface area contributed by atoms with Gasteiger partial charge in [0, 0.05) is 25.2 Å². The minimum absolute atomic E-state index is 0.560. The van der Waals surface area contributed by atoms with Crippen molar-refractivity contribution in [3.8, 4) is 5.75 Å². The lowest BCUT2D eigenvalue weighted by Gasteiger charge is -2.33. The van der Waals surface area contributed by atoms with E-state index in [-0.39, 0.29) is 0 Å². The van der Waals surface area contributed by atoms with Gasteiger partial charge in [0.1, 0.15) is 5.75 Å². The first kappa shape index (κ1) is 16.3. The van der Waals surface area contributed by atoms with Crippen LogP contribution in [0.2, 0.25) is 0 Å². The number of piperidine rings is 1. The Kier molecular flexibility index (Phi) is 6.52. The number of ether oxygens (including phenoxy) is 1. The molecule has 0 spiro atoms. The molecule has 3 nitrogen and oxygen atoms in total. The van der Waals surface area contributed by atoms with Crippen LogP contribution in [0.25, 0.3) is 0 Å². The summed E-state index contributed by atoms with van der Waals surface area (Å²) < 4.78 is 5.61. The highest BCUT2D eigenvalue weighted by Gasteiger charge is 2.18. The number of nitrogens with zero attached hydrogens (tertiary/aromatic N) is 1. The lowest BCUT2D eigenvalue weighted by Crippen LogP contribution is -2.45. The van der Waals surface area contributed by atoms with Crippen molar-refractivity contribution in [3.63, 3.8) is 0 Å². The zero-order chi connectivity index (χ0) is 15.1. The van der Waals surface area contributed by atoms with Crippen LogP contribution in [-0.2, 0) is 6.54 Å². The van der Waals surface area contributed by atoms with Crippen LogP contribution < -0.4 is 10.1 Å². The Hall–Kier alpha value is -1.06. The molecule has 1 unspecified atom stereocenters. The van der Waals surface area contributed by atoms with Crippen LogP contribution in [0.4, 0.5) is 0 Å². The van der Waals surface area contributed by atoms with Gasteiger partial charge in [-0.1, -0.05) is 18.6 Å². The molecule has 0 radical (unpaired) electrons. The molecule has 1 aliphatic heterocycles. The van der Waals surface area contributed by atoms with Gasteiger partial charge in [-0.2, -0.15) is 0 Å². The normalized spacial score (nSPS) is 19.2. The summed E-state index contributed by atoms with van der Waals surface area (Å²) >= 11 is 0. The molecule has 1 aromatic rings. The Balaban J connectivity index is 1.96. The van der Waals surface area contributed by atoms with Crippen LogP contribution >= 0.6 is 0 Å². The van der Waals surface area contributed by atoms with E-state index in [4.69, 9.17) is 4.74 Å². The highest BCUT2D eigenvalue weighted by molar-refractivity contribution is 5.28. The van der Waals surface area contributed by atoms with Gasteiger partial charge in [0.05, 0.1) is 6.61 Å². The lowest BCUT2D eigenvalue weighted by molar-refractivity contribution is 0.177. The van der Waals surface area contributed by atoms with Crippen molar-refractivity contribution in [2.45, 2.75) is 58.7 Å². The largest absolute Gasteiger partial charge is 0.494 e. The fourth-order valence-electron chi connectivity index (χ4n) is 2.96. The molecule has 21 heavy (non-hydrogen) atoms. The molecule has 1 aromatic carbocycles. The first-order chi connectivity index (χ1) is 10.2. The van der Waals surface area contributed by atoms with E-state index in [2.05, 4.69) is 42.3 Å². The van der Waals surface area contributed by atoms with Gasteiger partial charge >= 0.3 is 0 Å². The Bertz CT molecular complexity index is 413. The zero-order valence-electron chi connectivity index (χ0n) is 13.8. The van der Waals surface area contributed by atoms with E-state index in [0.29, 0.717) is 12.1 Å². The van der Waals surface area contributed by atoms with E-state index in [1.807, 2.05) is 13.0 Å². The maximum absolute atomic E-state index is 5.61. The van der Waals surface area contributed by atoms with Gasteiger partial charge in [-0.05, 0) is 57.9 Å². The molecule has 2 rings (SSSR count). The quantitative estimate of drug-likeness (QED) is 0.832. The third-order valence-corrected chi connectivity index (χ3v) is 4.19. The zero-order valence-corrected chi connectivity index (χ0v) is 13.8. The molecule has 1 fully saturated rings. The summed E-state index contributed by atoms with van der Waals surface area (Å²) in [6.07, 6.45) is 4.00. The van der Waals surface area contributed by atoms with Crippen molar-refractivity contribution in [1.82, 2.24) is 10.2 Å². The Morgan fingerprint density at radius 3 is 2.86 bits per heavy atom. The first-order valence-electron chi connectivity index (χ1n) is 8.38. The average molecular weight is 290 g/mol. The molecule has 0 saturated carbocycles. The van der Waals surface area contributed by atoms with Gasteiger partial charge in [-0.3, -0.25) is 4.90 Å². The summed E-state index contributed by atoms with van der Waals surface area (Å²) in [5, 5.41) is 3.66. The van der Waals surface area contributed by atoms with Crippen molar-refractivity contribution in [2.24, 2.45) is 0 Å². The molecule has 1 N–H and O–H groups in total. The summed E-state index contributed by atoms with van der Waals surface area (Å²) in [5.74, 6) is 0.981. The van der Waals surface area contributed by atoms with E-state index in [1.54, 1.807) is 0 Å². The van der Waals surface area contributed by atoms with Crippen LogP contribution in [-0.4, -0.2) is 36.7 Å². The van der Waals surface area contributed by atoms with E-state index in [9.17, 15) is 0 Å². The van der Waals surface area contributed by atoms with Gasteiger partial charge < -0.3 is 10.1 Å². The van der Waals surface area contributed by atoms with E-state index >= 15 is 0 Å². The smallest absolute Gasteiger partial charge is 0.119 e. The highest BCUT2D eigenvalue weighted by atomic mass is 16.5. The summed E-state index contributed by atoms with van der Waals surface area (Å²) in [4.78, 5) is 2.56. The molecule has 0 aliphatic carbocycles. The molecule has 1 aliphatic rings. The number of benzene rings is 1. The maximum Gasteiger partial charge on any atom is 0.119 e. The molecule has 0 aromatic heterocycles. The minimum atomic E-state index is 0.560. The van der Waals surface area contributed by atoms with Crippen LogP contribution in [0.15, 0.2) is 24.3 Å². The van der Waals surface area contributed by atoms with Crippen LogP contribution in [0.5, 0.6) is 5.75 Å². The van der Waals surface area contributed by atoms with E-state index in [1.165, 1.54) is 31.4 Å². The van der Waals surface area contributed by atoms with Gasteiger partial charge in [0.15, 0.2) is 0 Å². The molecule has 1 atom stereocenters. The van der Waals surface area contributed by atoms with Crippen molar-refractivity contribution >= 4 is 0 Å². The second-order valence-electron chi connectivity index (χ2n) is 6.25. The fraction of sp³-hybridized carbons (Fsp3) is 0.667. The minimum Gasteiger partial charge on any atom is -0.494 e. The maximum atomic E-state index is 5.61. The standard InChI is InChI=1S/C18H30N2O/c1-4-21-18-10-7-8-16(12-18)13-20(15(2)3)14-17-9-5-6-11-19-17/h7-8,10,12,15,17,19H,4-6,9,11,13-14H2,1-3H3. The highest BCUT2D eigenvalue weighted by Crippen LogP contribution is 2.17. The van der Waals surface area contributed by atoms with Crippen molar-refractivity contribution in [3.05, 3.63) is 29.8 Å². The number of nitrogens with one attached hydrogen (secondary N) is 1. The SMILES string of the molecule is CCOc1cccc(CN(CC2CCCCN2)C(C)C)c1. The molecule has 1 saturated heterocycles. The summed E-state index contributed by atoms with van der Waals surface area (Å²) in [5.41, 5.74) is 1.34. The predicted octanol–water partition coefficient (Wildman–Crippen LogP) is 3.44. The summed E-state index contributed by atoms with van der Waals surface area (Å²) in [6.45, 7) is 10.6.